The van der Waals surface area contributed by atoms with Gasteiger partial charge in [0.05, 0.1) is 0 Å². The van der Waals surface area contributed by atoms with E-state index in [1.54, 1.807) is 24.3 Å². The molecule has 1 saturated carbocycles. The van der Waals surface area contributed by atoms with Gasteiger partial charge >= 0.3 is 0 Å². The Labute approximate surface area is 160 Å². The van der Waals surface area contributed by atoms with Crippen molar-refractivity contribution in [3.8, 4) is 5.75 Å². The average Bonchev–Trinajstić information content (AvgIpc) is 2.70. The van der Waals surface area contributed by atoms with E-state index in [1.807, 2.05) is 6.07 Å². The minimum atomic E-state index is -0.767. The summed E-state index contributed by atoms with van der Waals surface area (Å²) in [6.45, 7) is 6.11. The number of rotatable bonds is 7. The number of fused-ring (bicyclic) bond motifs is 1. The van der Waals surface area contributed by atoms with Gasteiger partial charge < -0.3 is 4.74 Å². The molecule has 0 heterocycles. The maximum absolute atomic E-state index is 14.8. The second-order valence-corrected chi connectivity index (χ2v) is 7.40. The highest BCUT2D eigenvalue weighted by atomic mass is 19.2. The van der Waals surface area contributed by atoms with Crippen LogP contribution in [0.15, 0.2) is 49.1 Å². The van der Waals surface area contributed by atoms with Crippen LogP contribution in [0.3, 0.4) is 0 Å². The van der Waals surface area contributed by atoms with Crippen LogP contribution >= 0.6 is 0 Å². The zero-order valence-corrected chi connectivity index (χ0v) is 16.0. The second kappa shape index (κ2) is 9.16. The monoisotopic (exact) mass is 370 g/mol. The summed E-state index contributed by atoms with van der Waals surface area (Å²) in [7, 11) is 0. The SMILES string of the molecule is C=CCOc1ccc2cc(C3CCC(/C=C/CCC)CC3)c(F)c(F)c2c1. The van der Waals surface area contributed by atoms with Crippen LogP contribution in [0.1, 0.15) is 56.9 Å². The quantitative estimate of drug-likeness (QED) is 0.464. The zero-order valence-electron chi connectivity index (χ0n) is 16.0. The van der Waals surface area contributed by atoms with Crippen LogP contribution in [0.5, 0.6) is 5.75 Å². The summed E-state index contributed by atoms with van der Waals surface area (Å²) in [6.07, 6.45) is 12.4. The first-order valence-corrected chi connectivity index (χ1v) is 9.96. The highest BCUT2D eigenvalue weighted by Crippen LogP contribution is 2.39. The Hall–Kier alpha value is -2.16. The molecule has 144 valence electrons. The fourth-order valence-corrected chi connectivity index (χ4v) is 3.95. The minimum Gasteiger partial charge on any atom is -0.490 e. The van der Waals surface area contributed by atoms with Crippen molar-refractivity contribution in [3.05, 3.63) is 66.3 Å². The van der Waals surface area contributed by atoms with Crippen LogP contribution in [-0.2, 0) is 0 Å². The van der Waals surface area contributed by atoms with Crippen molar-refractivity contribution in [2.24, 2.45) is 5.92 Å². The van der Waals surface area contributed by atoms with Crippen LogP contribution in [-0.4, -0.2) is 6.61 Å². The number of hydrogen-bond donors (Lipinski definition) is 0. The first kappa shape index (κ1) is 19.6. The van der Waals surface area contributed by atoms with E-state index < -0.39 is 11.6 Å². The molecule has 0 radical (unpaired) electrons. The molecule has 0 aromatic heterocycles. The lowest BCUT2D eigenvalue weighted by Crippen LogP contribution is -2.13. The summed E-state index contributed by atoms with van der Waals surface area (Å²) in [5.74, 6) is -0.278. The fourth-order valence-electron chi connectivity index (χ4n) is 3.95. The highest BCUT2D eigenvalue weighted by Gasteiger charge is 2.25. The van der Waals surface area contributed by atoms with E-state index in [9.17, 15) is 8.78 Å². The number of benzene rings is 2. The molecule has 0 aliphatic heterocycles. The lowest BCUT2D eigenvalue weighted by atomic mass is 9.78. The van der Waals surface area contributed by atoms with E-state index in [-0.39, 0.29) is 11.3 Å². The molecule has 1 aliphatic rings. The van der Waals surface area contributed by atoms with E-state index in [0.29, 0.717) is 23.8 Å². The maximum Gasteiger partial charge on any atom is 0.167 e. The summed E-state index contributed by atoms with van der Waals surface area (Å²) in [5, 5.41) is 0.994. The normalized spacial score (nSPS) is 20.3. The second-order valence-electron chi connectivity index (χ2n) is 7.40. The van der Waals surface area contributed by atoms with Gasteiger partial charge in [0.15, 0.2) is 11.6 Å². The largest absolute Gasteiger partial charge is 0.490 e. The van der Waals surface area contributed by atoms with Crippen LogP contribution < -0.4 is 4.74 Å². The van der Waals surface area contributed by atoms with Gasteiger partial charge in [0.1, 0.15) is 12.4 Å². The van der Waals surface area contributed by atoms with Gasteiger partial charge in [-0.1, -0.05) is 44.2 Å². The smallest absolute Gasteiger partial charge is 0.167 e. The van der Waals surface area contributed by atoms with Gasteiger partial charge in [-0.05, 0) is 73.1 Å². The summed E-state index contributed by atoms with van der Waals surface area (Å²) in [4.78, 5) is 0. The Morgan fingerprint density at radius 3 is 2.59 bits per heavy atom. The maximum atomic E-state index is 14.8. The predicted octanol–water partition coefficient (Wildman–Crippen LogP) is 7.31. The zero-order chi connectivity index (χ0) is 19.2. The molecule has 0 saturated heterocycles. The molecule has 0 atom stereocenters. The number of halogens is 2. The van der Waals surface area contributed by atoms with Gasteiger partial charge in [-0.3, -0.25) is 0 Å². The summed E-state index contributed by atoms with van der Waals surface area (Å²) < 4.78 is 35.0. The lowest BCUT2D eigenvalue weighted by molar-refractivity contribution is 0.362. The molecule has 27 heavy (non-hydrogen) atoms. The highest BCUT2D eigenvalue weighted by molar-refractivity contribution is 5.85. The fraction of sp³-hybridized carbons (Fsp3) is 0.417. The Balaban J connectivity index is 1.79. The van der Waals surface area contributed by atoms with Gasteiger partial charge in [-0.25, -0.2) is 8.78 Å². The van der Waals surface area contributed by atoms with Crippen molar-refractivity contribution in [1.29, 1.82) is 0 Å². The molecule has 0 spiro atoms. The van der Waals surface area contributed by atoms with Crippen molar-refractivity contribution in [3.63, 3.8) is 0 Å². The lowest BCUT2D eigenvalue weighted by Gasteiger charge is -2.27. The summed E-state index contributed by atoms with van der Waals surface area (Å²) in [5.41, 5.74) is 0.524. The first-order chi connectivity index (χ1) is 13.1. The molecule has 1 fully saturated rings. The topological polar surface area (TPSA) is 9.23 Å². The van der Waals surface area contributed by atoms with E-state index in [1.165, 1.54) is 0 Å². The minimum absolute atomic E-state index is 0.0939. The molecule has 1 aliphatic carbocycles. The third kappa shape index (κ3) is 4.58. The Morgan fingerprint density at radius 1 is 1.11 bits per heavy atom. The number of unbranched alkanes of at least 4 members (excludes halogenated alkanes) is 1. The van der Waals surface area contributed by atoms with Crippen molar-refractivity contribution < 1.29 is 13.5 Å². The van der Waals surface area contributed by atoms with E-state index >= 15 is 0 Å². The Morgan fingerprint density at radius 2 is 1.89 bits per heavy atom. The van der Waals surface area contributed by atoms with Crippen LogP contribution in [0.2, 0.25) is 0 Å². The third-order valence-electron chi connectivity index (χ3n) is 5.46. The van der Waals surface area contributed by atoms with Gasteiger partial charge in [0, 0.05) is 5.39 Å². The van der Waals surface area contributed by atoms with Crippen LogP contribution in [0, 0.1) is 17.6 Å². The number of hydrogen-bond acceptors (Lipinski definition) is 1. The molecule has 2 aromatic rings. The Bertz CT molecular complexity index is 817. The van der Waals surface area contributed by atoms with Gasteiger partial charge in [0.25, 0.3) is 0 Å². The number of allylic oxidation sites excluding steroid dienone is 2. The van der Waals surface area contributed by atoms with E-state index in [4.69, 9.17) is 4.74 Å². The van der Waals surface area contributed by atoms with Gasteiger partial charge in [-0.2, -0.15) is 0 Å². The molecule has 0 unspecified atom stereocenters. The molecule has 3 heteroatoms. The molecular weight excluding hydrogens is 342 g/mol. The third-order valence-corrected chi connectivity index (χ3v) is 5.46. The van der Waals surface area contributed by atoms with E-state index in [0.717, 1.165) is 43.9 Å². The molecular formula is C24H28F2O. The molecule has 3 rings (SSSR count). The molecule has 0 amide bonds. The summed E-state index contributed by atoms with van der Waals surface area (Å²) in [6, 6.07) is 6.99. The van der Waals surface area contributed by atoms with Crippen molar-refractivity contribution >= 4 is 10.8 Å². The number of ether oxygens (including phenoxy) is 1. The average molecular weight is 370 g/mol. The van der Waals surface area contributed by atoms with Crippen molar-refractivity contribution in [2.75, 3.05) is 6.61 Å². The molecule has 0 N–H and O–H groups in total. The molecule has 1 nitrogen and oxygen atoms in total. The molecule has 2 aromatic carbocycles. The standard InChI is InChI=1S/C24H28F2O/c1-3-5-6-7-17-8-10-18(11-9-17)21-15-19-12-13-20(27-14-4-2)16-22(19)24(26)23(21)25/h4,6-7,12-13,15-18H,2-3,5,8-11,14H2,1H3/b7-6+. The molecule has 0 bridgehead atoms. The predicted molar refractivity (Wildman–Crippen MR) is 108 cm³/mol. The summed E-state index contributed by atoms with van der Waals surface area (Å²) >= 11 is 0. The first-order valence-electron chi connectivity index (χ1n) is 9.96. The van der Waals surface area contributed by atoms with Crippen LogP contribution in [0.25, 0.3) is 10.8 Å². The van der Waals surface area contributed by atoms with E-state index in [2.05, 4.69) is 25.7 Å². The van der Waals surface area contributed by atoms with Gasteiger partial charge in [0.2, 0.25) is 0 Å². The van der Waals surface area contributed by atoms with Crippen LogP contribution in [0.4, 0.5) is 8.78 Å². The van der Waals surface area contributed by atoms with Crippen molar-refractivity contribution in [2.45, 2.75) is 51.4 Å². The van der Waals surface area contributed by atoms with Crippen molar-refractivity contribution in [1.82, 2.24) is 0 Å². The Kier molecular flexibility index (Phi) is 6.65. The van der Waals surface area contributed by atoms with Gasteiger partial charge in [-0.15, -0.1) is 0 Å².